The van der Waals surface area contributed by atoms with Crippen molar-refractivity contribution in [3.05, 3.63) is 0 Å². The summed E-state index contributed by atoms with van der Waals surface area (Å²) in [4.78, 5) is 13.3. The van der Waals surface area contributed by atoms with Crippen LogP contribution in [0, 0.1) is 11.3 Å². The molecule has 1 saturated heterocycles. The molecule has 13 heavy (non-hydrogen) atoms. The van der Waals surface area contributed by atoms with Gasteiger partial charge in [0.1, 0.15) is 0 Å². The third-order valence-electron chi connectivity index (χ3n) is 3.27. The predicted molar refractivity (Wildman–Crippen MR) is 53.6 cm³/mol. The number of nitrogens with zero attached hydrogens (tertiary/aromatic N) is 1. The molecular weight excluding hydrogens is 164 g/mol. The molecule has 1 N–H and O–H groups in total. The second-order valence-electron chi connectivity index (χ2n) is 4.66. The summed E-state index contributed by atoms with van der Waals surface area (Å²) in [7, 11) is 1.69. The van der Waals surface area contributed by atoms with E-state index in [0.717, 1.165) is 19.5 Å². The Morgan fingerprint density at radius 1 is 1.54 bits per heavy atom. The molecule has 0 radical (unpaired) electrons. The van der Waals surface area contributed by atoms with E-state index in [9.17, 15) is 4.79 Å². The van der Waals surface area contributed by atoms with Gasteiger partial charge in [0.15, 0.2) is 0 Å². The van der Waals surface area contributed by atoms with Crippen molar-refractivity contribution in [3.63, 3.8) is 0 Å². The van der Waals surface area contributed by atoms with E-state index < -0.39 is 0 Å². The fraction of sp³-hybridized carbons (Fsp3) is 0.900. The number of nitrogens with one attached hydrogen (secondary N) is 1. The largest absolute Gasteiger partial charge is 0.341 e. The van der Waals surface area contributed by atoms with Crippen molar-refractivity contribution in [1.82, 2.24) is 10.2 Å². The van der Waals surface area contributed by atoms with Crippen LogP contribution < -0.4 is 5.32 Å². The first kappa shape index (κ1) is 10.4. The van der Waals surface area contributed by atoms with Crippen LogP contribution in [0.5, 0.6) is 0 Å². The first-order chi connectivity index (χ1) is 5.97. The SMILES string of the molecule is CNC(=O)N1CCC(C)C(C)(C)C1. The number of likely N-dealkylation sites (tertiary alicyclic amines) is 1. The van der Waals surface area contributed by atoms with Gasteiger partial charge in [0, 0.05) is 20.1 Å². The minimum Gasteiger partial charge on any atom is -0.341 e. The molecule has 0 saturated carbocycles. The Balaban J connectivity index is 2.60. The highest BCUT2D eigenvalue weighted by atomic mass is 16.2. The minimum absolute atomic E-state index is 0.0555. The van der Waals surface area contributed by atoms with Gasteiger partial charge in [-0.2, -0.15) is 0 Å². The normalized spacial score (nSPS) is 27.1. The van der Waals surface area contributed by atoms with Crippen LogP contribution in [0.4, 0.5) is 4.79 Å². The number of rotatable bonds is 0. The molecule has 1 atom stereocenters. The molecule has 76 valence electrons. The van der Waals surface area contributed by atoms with E-state index in [0.29, 0.717) is 5.92 Å². The van der Waals surface area contributed by atoms with E-state index in [-0.39, 0.29) is 11.4 Å². The molecule has 2 amide bonds. The molecule has 0 aliphatic carbocycles. The number of carbonyl (C=O) groups is 1. The average Bonchev–Trinajstić information content (AvgIpc) is 2.08. The van der Waals surface area contributed by atoms with Gasteiger partial charge >= 0.3 is 6.03 Å². The molecule has 1 aliphatic heterocycles. The zero-order valence-electron chi connectivity index (χ0n) is 9.05. The van der Waals surface area contributed by atoms with Gasteiger partial charge in [0.05, 0.1) is 0 Å². The second-order valence-corrected chi connectivity index (χ2v) is 4.66. The highest BCUT2D eigenvalue weighted by Gasteiger charge is 2.34. The van der Waals surface area contributed by atoms with E-state index in [1.54, 1.807) is 7.05 Å². The van der Waals surface area contributed by atoms with Crippen LogP contribution >= 0.6 is 0 Å². The summed E-state index contributed by atoms with van der Waals surface area (Å²) in [5.74, 6) is 0.702. The van der Waals surface area contributed by atoms with Gasteiger partial charge in [-0.3, -0.25) is 0 Å². The van der Waals surface area contributed by atoms with Crippen molar-refractivity contribution in [2.75, 3.05) is 20.1 Å². The summed E-state index contributed by atoms with van der Waals surface area (Å²) in [6.45, 7) is 8.48. The topological polar surface area (TPSA) is 32.3 Å². The summed E-state index contributed by atoms with van der Waals surface area (Å²) < 4.78 is 0. The highest BCUT2D eigenvalue weighted by Crippen LogP contribution is 2.34. The lowest BCUT2D eigenvalue weighted by molar-refractivity contribution is 0.0839. The van der Waals surface area contributed by atoms with Crippen LogP contribution in [-0.4, -0.2) is 31.1 Å². The summed E-state index contributed by atoms with van der Waals surface area (Å²) in [5, 5.41) is 2.67. The van der Waals surface area contributed by atoms with Gasteiger partial charge in [0.25, 0.3) is 0 Å². The molecule has 0 spiro atoms. The Hall–Kier alpha value is -0.730. The Bertz CT molecular complexity index is 201. The lowest BCUT2D eigenvalue weighted by atomic mass is 9.75. The maximum absolute atomic E-state index is 11.4. The zero-order chi connectivity index (χ0) is 10.1. The fourth-order valence-electron chi connectivity index (χ4n) is 1.80. The molecule has 3 nitrogen and oxygen atoms in total. The van der Waals surface area contributed by atoms with Crippen LogP contribution in [0.3, 0.4) is 0 Å². The highest BCUT2D eigenvalue weighted by molar-refractivity contribution is 5.73. The van der Waals surface area contributed by atoms with Gasteiger partial charge in [-0.15, -0.1) is 0 Å². The molecule has 0 aromatic carbocycles. The molecule has 0 aromatic rings. The second kappa shape index (κ2) is 3.56. The summed E-state index contributed by atoms with van der Waals surface area (Å²) in [5.41, 5.74) is 0.255. The summed E-state index contributed by atoms with van der Waals surface area (Å²) in [6, 6.07) is 0.0555. The van der Waals surface area contributed by atoms with Gasteiger partial charge in [-0.25, -0.2) is 4.79 Å². The molecule has 0 aromatic heterocycles. The van der Waals surface area contributed by atoms with Crippen molar-refractivity contribution in [1.29, 1.82) is 0 Å². The van der Waals surface area contributed by atoms with Gasteiger partial charge < -0.3 is 10.2 Å². The number of hydrogen-bond donors (Lipinski definition) is 1. The molecule has 1 heterocycles. The van der Waals surface area contributed by atoms with Crippen molar-refractivity contribution < 1.29 is 4.79 Å². The van der Waals surface area contributed by atoms with Crippen molar-refractivity contribution >= 4 is 6.03 Å². The van der Waals surface area contributed by atoms with Crippen molar-refractivity contribution in [2.45, 2.75) is 27.2 Å². The Labute approximate surface area is 80.5 Å². The molecule has 1 rings (SSSR count). The molecule has 1 fully saturated rings. The first-order valence-corrected chi connectivity index (χ1v) is 4.94. The van der Waals surface area contributed by atoms with E-state index in [4.69, 9.17) is 0 Å². The van der Waals surface area contributed by atoms with E-state index >= 15 is 0 Å². The lowest BCUT2D eigenvalue weighted by Gasteiger charge is -2.42. The van der Waals surface area contributed by atoms with Crippen LogP contribution in [0.15, 0.2) is 0 Å². The van der Waals surface area contributed by atoms with Crippen LogP contribution in [0.1, 0.15) is 27.2 Å². The predicted octanol–water partition coefficient (Wildman–Crippen LogP) is 1.69. The molecule has 3 heteroatoms. The standard InChI is InChI=1S/C10H20N2O/c1-8-5-6-12(9(13)11-4)7-10(8,2)3/h8H,5-7H2,1-4H3,(H,11,13). The van der Waals surface area contributed by atoms with Crippen LogP contribution in [0.2, 0.25) is 0 Å². The minimum atomic E-state index is 0.0555. The van der Waals surface area contributed by atoms with Gasteiger partial charge in [-0.05, 0) is 17.8 Å². The molecule has 1 unspecified atom stereocenters. The maximum atomic E-state index is 11.4. The summed E-state index contributed by atoms with van der Waals surface area (Å²) >= 11 is 0. The number of amides is 2. The van der Waals surface area contributed by atoms with Crippen molar-refractivity contribution in [3.8, 4) is 0 Å². The fourth-order valence-corrected chi connectivity index (χ4v) is 1.80. The Morgan fingerprint density at radius 2 is 2.15 bits per heavy atom. The molecule has 0 bridgehead atoms. The van der Waals surface area contributed by atoms with Crippen LogP contribution in [-0.2, 0) is 0 Å². The first-order valence-electron chi connectivity index (χ1n) is 4.94. The summed E-state index contributed by atoms with van der Waals surface area (Å²) in [6.07, 6.45) is 1.11. The number of piperidine rings is 1. The van der Waals surface area contributed by atoms with Crippen LogP contribution in [0.25, 0.3) is 0 Å². The lowest BCUT2D eigenvalue weighted by Crippen LogP contribution is -2.50. The maximum Gasteiger partial charge on any atom is 0.317 e. The van der Waals surface area contributed by atoms with E-state index in [2.05, 4.69) is 26.1 Å². The zero-order valence-corrected chi connectivity index (χ0v) is 9.05. The number of carbonyl (C=O) groups excluding carboxylic acids is 1. The third-order valence-corrected chi connectivity index (χ3v) is 3.27. The molecular formula is C10H20N2O. The molecule has 1 aliphatic rings. The average molecular weight is 184 g/mol. The third kappa shape index (κ3) is 2.14. The van der Waals surface area contributed by atoms with Crippen molar-refractivity contribution in [2.24, 2.45) is 11.3 Å². The van der Waals surface area contributed by atoms with E-state index in [1.165, 1.54) is 0 Å². The van der Waals surface area contributed by atoms with E-state index in [1.807, 2.05) is 4.90 Å². The number of urea groups is 1. The van der Waals surface area contributed by atoms with Gasteiger partial charge in [0.2, 0.25) is 0 Å². The quantitative estimate of drug-likeness (QED) is 0.610. The Kier molecular flexibility index (Phi) is 2.84. The Morgan fingerprint density at radius 3 is 2.62 bits per heavy atom. The number of hydrogen-bond acceptors (Lipinski definition) is 1. The monoisotopic (exact) mass is 184 g/mol. The smallest absolute Gasteiger partial charge is 0.317 e. The van der Waals surface area contributed by atoms with Gasteiger partial charge in [-0.1, -0.05) is 20.8 Å².